The standard InChI is InChI=1S/C19H24F2N2O/c1-19(2,14-6-4-3-5-7-14)23-12-18(24)17(22)10-13-8-15(20)11-16(21)9-13/h3-9,11,17-18,23-24H,10,12,22H2,1-2H3/t17-,18+/m0/s1. The maximum Gasteiger partial charge on any atom is 0.126 e. The topological polar surface area (TPSA) is 58.3 Å². The third-order valence-corrected chi connectivity index (χ3v) is 4.14. The summed E-state index contributed by atoms with van der Waals surface area (Å²) in [6.45, 7) is 4.31. The summed E-state index contributed by atoms with van der Waals surface area (Å²) in [5.74, 6) is -1.29. The van der Waals surface area contributed by atoms with Crippen molar-refractivity contribution in [2.24, 2.45) is 5.73 Å². The van der Waals surface area contributed by atoms with Gasteiger partial charge in [0.15, 0.2) is 0 Å². The quantitative estimate of drug-likeness (QED) is 0.730. The first kappa shape index (κ1) is 18.5. The van der Waals surface area contributed by atoms with Gasteiger partial charge in [0, 0.05) is 24.2 Å². The van der Waals surface area contributed by atoms with Crippen molar-refractivity contribution in [3.05, 3.63) is 71.3 Å². The molecule has 0 saturated heterocycles. The third-order valence-electron chi connectivity index (χ3n) is 4.14. The fraction of sp³-hybridized carbons (Fsp3) is 0.368. The summed E-state index contributed by atoms with van der Waals surface area (Å²) < 4.78 is 26.4. The van der Waals surface area contributed by atoms with Crippen LogP contribution in [0.3, 0.4) is 0 Å². The van der Waals surface area contributed by atoms with Gasteiger partial charge in [-0.25, -0.2) is 8.78 Å². The van der Waals surface area contributed by atoms with E-state index in [1.54, 1.807) is 0 Å². The molecule has 2 rings (SSSR count). The molecule has 0 saturated carbocycles. The van der Waals surface area contributed by atoms with E-state index in [0.717, 1.165) is 11.6 Å². The van der Waals surface area contributed by atoms with E-state index in [9.17, 15) is 13.9 Å². The summed E-state index contributed by atoms with van der Waals surface area (Å²) in [6.07, 6.45) is -0.636. The number of nitrogens with one attached hydrogen (secondary N) is 1. The highest BCUT2D eigenvalue weighted by Crippen LogP contribution is 2.19. The van der Waals surface area contributed by atoms with Crippen molar-refractivity contribution in [2.45, 2.75) is 38.0 Å². The van der Waals surface area contributed by atoms with Gasteiger partial charge in [-0.05, 0) is 43.5 Å². The molecule has 0 heterocycles. The number of halogens is 2. The van der Waals surface area contributed by atoms with Crippen LogP contribution in [0.15, 0.2) is 48.5 Å². The zero-order valence-electron chi connectivity index (χ0n) is 14.0. The van der Waals surface area contributed by atoms with Crippen LogP contribution in [0.4, 0.5) is 8.78 Å². The predicted octanol–water partition coefficient (Wildman–Crippen LogP) is 2.72. The van der Waals surface area contributed by atoms with Crippen molar-refractivity contribution in [1.82, 2.24) is 5.32 Å². The van der Waals surface area contributed by atoms with Crippen LogP contribution in [0.25, 0.3) is 0 Å². The van der Waals surface area contributed by atoms with Gasteiger partial charge in [-0.1, -0.05) is 30.3 Å². The Labute approximate surface area is 141 Å². The van der Waals surface area contributed by atoms with E-state index in [1.807, 2.05) is 44.2 Å². The molecule has 3 nitrogen and oxygen atoms in total. The van der Waals surface area contributed by atoms with Gasteiger partial charge in [0.1, 0.15) is 11.6 Å². The molecule has 5 heteroatoms. The first-order valence-corrected chi connectivity index (χ1v) is 7.97. The second-order valence-corrected chi connectivity index (χ2v) is 6.58. The highest BCUT2D eigenvalue weighted by atomic mass is 19.1. The molecule has 2 aromatic rings. The van der Waals surface area contributed by atoms with Crippen molar-refractivity contribution >= 4 is 0 Å². The van der Waals surface area contributed by atoms with Crippen LogP contribution in [0.2, 0.25) is 0 Å². The van der Waals surface area contributed by atoms with E-state index in [0.29, 0.717) is 5.56 Å². The lowest BCUT2D eigenvalue weighted by Crippen LogP contribution is -2.48. The average Bonchev–Trinajstić information content (AvgIpc) is 2.52. The smallest absolute Gasteiger partial charge is 0.126 e. The molecule has 0 spiro atoms. The lowest BCUT2D eigenvalue weighted by Gasteiger charge is -2.30. The molecular formula is C19H24F2N2O. The second kappa shape index (κ2) is 7.83. The van der Waals surface area contributed by atoms with Crippen molar-refractivity contribution in [1.29, 1.82) is 0 Å². The fourth-order valence-corrected chi connectivity index (χ4v) is 2.60. The number of hydrogen-bond donors (Lipinski definition) is 3. The molecular weight excluding hydrogens is 310 g/mol. The van der Waals surface area contributed by atoms with E-state index in [4.69, 9.17) is 5.73 Å². The highest BCUT2D eigenvalue weighted by molar-refractivity contribution is 5.23. The van der Waals surface area contributed by atoms with Crippen LogP contribution in [0, 0.1) is 11.6 Å². The van der Waals surface area contributed by atoms with Gasteiger partial charge in [0.05, 0.1) is 6.10 Å². The van der Waals surface area contributed by atoms with Crippen molar-refractivity contribution in [2.75, 3.05) is 6.54 Å². The molecule has 4 N–H and O–H groups in total. The molecule has 0 aromatic heterocycles. The molecule has 0 unspecified atom stereocenters. The Morgan fingerprint density at radius 3 is 2.25 bits per heavy atom. The zero-order valence-corrected chi connectivity index (χ0v) is 14.0. The summed E-state index contributed by atoms with van der Waals surface area (Å²) in [6, 6.07) is 12.5. The summed E-state index contributed by atoms with van der Waals surface area (Å²) in [7, 11) is 0. The normalized spacial score (nSPS) is 14.4. The van der Waals surface area contributed by atoms with E-state index < -0.39 is 23.8 Å². The van der Waals surface area contributed by atoms with E-state index in [2.05, 4.69) is 5.32 Å². The molecule has 0 fully saturated rings. The van der Waals surface area contributed by atoms with Crippen LogP contribution in [-0.4, -0.2) is 23.8 Å². The molecule has 24 heavy (non-hydrogen) atoms. The maximum atomic E-state index is 13.2. The Balaban J connectivity index is 1.93. The molecule has 0 aliphatic heterocycles. The largest absolute Gasteiger partial charge is 0.390 e. The summed E-state index contributed by atoms with van der Waals surface area (Å²) in [5, 5.41) is 13.5. The number of aliphatic hydroxyl groups excluding tert-OH is 1. The van der Waals surface area contributed by atoms with Gasteiger partial charge < -0.3 is 16.2 Å². The molecule has 0 radical (unpaired) electrons. The third kappa shape index (κ3) is 5.09. The first-order chi connectivity index (χ1) is 11.3. The van der Waals surface area contributed by atoms with Gasteiger partial charge in [0.25, 0.3) is 0 Å². The fourth-order valence-electron chi connectivity index (χ4n) is 2.60. The first-order valence-electron chi connectivity index (χ1n) is 7.97. The summed E-state index contributed by atoms with van der Waals surface area (Å²) in [5.41, 5.74) is 7.18. The summed E-state index contributed by atoms with van der Waals surface area (Å²) >= 11 is 0. The molecule has 2 aromatic carbocycles. The lowest BCUT2D eigenvalue weighted by molar-refractivity contribution is 0.131. The minimum atomic E-state index is -0.834. The monoisotopic (exact) mass is 334 g/mol. The van der Waals surface area contributed by atoms with Crippen LogP contribution in [-0.2, 0) is 12.0 Å². The molecule has 0 aliphatic carbocycles. The molecule has 130 valence electrons. The van der Waals surface area contributed by atoms with Gasteiger partial charge in [-0.3, -0.25) is 0 Å². The van der Waals surface area contributed by atoms with Gasteiger partial charge in [-0.2, -0.15) is 0 Å². The summed E-state index contributed by atoms with van der Waals surface area (Å²) in [4.78, 5) is 0. The van der Waals surface area contributed by atoms with Crippen LogP contribution < -0.4 is 11.1 Å². The average molecular weight is 334 g/mol. The van der Waals surface area contributed by atoms with Gasteiger partial charge >= 0.3 is 0 Å². The Morgan fingerprint density at radius 2 is 1.67 bits per heavy atom. The van der Waals surface area contributed by atoms with Gasteiger partial charge in [-0.15, -0.1) is 0 Å². The molecule has 2 atom stereocenters. The Kier molecular flexibility index (Phi) is 6.04. The van der Waals surface area contributed by atoms with Crippen LogP contribution in [0.5, 0.6) is 0 Å². The number of aliphatic hydroxyl groups is 1. The van der Waals surface area contributed by atoms with Crippen molar-refractivity contribution in [3.8, 4) is 0 Å². The SMILES string of the molecule is CC(C)(NC[C@@H](O)[C@@H](N)Cc1cc(F)cc(F)c1)c1ccccc1. The second-order valence-electron chi connectivity index (χ2n) is 6.58. The van der Waals surface area contributed by atoms with E-state index in [-0.39, 0.29) is 18.5 Å². The number of hydrogen-bond acceptors (Lipinski definition) is 3. The highest BCUT2D eigenvalue weighted by Gasteiger charge is 2.23. The van der Waals surface area contributed by atoms with Gasteiger partial charge in [0.2, 0.25) is 0 Å². The molecule has 0 bridgehead atoms. The van der Waals surface area contributed by atoms with E-state index >= 15 is 0 Å². The van der Waals surface area contributed by atoms with Crippen LogP contribution >= 0.6 is 0 Å². The molecule has 0 aliphatic rings. The number of nitrogens with two attached hydrogens (primary N) is 1. The van der Waals surface area contributed by atoms with E-state index in [1.165, 1.54) is 12.1 Å². The zero-order chi connectivity index (χ0) is 17.7. The number of rotatable bonds is 7. The Morgan fingerprint density at radius 1 is 1.08 bits per heavy atom. The Hall–Kier alpha value is -1.82. The Bertz CT molecular complexity index is 641. The predicted molar refractivity (Wildman–Crippen MR) is 91.5 cm³/mol. The van der Waals surface area contributed by atoms with Crippen molar-refractivity contribution < 1.29 is 13.9 Å². The number of benzene rings is 2. The van der Waals surface area contributed by atoms with Crippen molar-refractivity contribution in [3.63, 3.8) is 0 Å². The maximum absolute atomic E-state index is 13.2. The minimum absolute atomic E-state index is 0.198. The lowest BCUT2D eigenvalue weighted by atomic mass is 9.93. The minimum Gasteiger partial charge on any atom is -0.390 e. The molecule has 0 amide bonds. The van der Waals surface area contributed by atoms with Crippen LogP contribution in [0.1, 0.15) is 25.0 Å².